The molecule has 1 aliphatic heterocycles. The molecule has 3 heterocycles. The van der Waals surface area contributed by atoms with Crippen LogP contribution in [0.4, 0.5) is 5.95 Å². The molecule has 1 saturated heterocycles. The summed E-state index contributed by atoms with van der Waals surface area (Å²) in [5.74, 6) is 1.74. The van der Waals surface area contributed by atoms with Crippen molar-refractivity contribution in [3.63, 3.8) is 0 Å². The van der Waals surface area contributed by atoms with E-state index in [0.29, 0.717) is 31.9 Å². The van der Waals surface area contributed by atoms with Crippen LogP contribution in [-0.2, 0) is 11.2 Å². The second kappa shape index (κ2) is 6.91. The molecule has 2 aromatic heterocycles. The van der Waals surface area contributed by atoms with E-state index in [-0.39, 0.29) is 5.91 Å². The number of hydrogen-bond donors (Lipinski definition) is 0. The molecule has 0 aromatic carbocycles. The summed E-state index contributed by atoms with van der Waals surface area (Å²) in [5.41, 5.74) is 0. The molecule has 116 valence electrons. The summed E-state index contributed by atoms with van der Waals surface area (Å²) in [6.07, 6.45) is 6.26. The average Bonchev–Trinajstić information content (AvgIpc) is 3.07. The molecule has 3 rings (SSSR count). The van der Waals surface area contributed by atoms with Crippen LogP contribution >= 0.6 is 15.9 Å². The van der Waals surface area contributed by atoms with E-state index in [1.165, 1.54) is 0 Å². The normalized spacial score (nSPS) is 15.1. The molecule has 0 aliphatic carbocycles. The zero-order valence-corrected chi connectivity index (χ0v) is 13.7. The number of hydrogen-bond acceptors (Lipinski definition) is 5. The minimum absolute atomic E-state index is 0.174. The van der Waals surface area contributed by atoms with Gasteiger partial charge in [-0.05, 0) is 28.1 Å². The molecule has 0 bridgehead atoms. The van der Waals surface area contributed by atoms with Gasteiger partial charge in [-0.1, -0.05) is 0 Å². The average molecular weight is 365 g/mol. The Hall–Kier alpha value is -1.89. The summed E-state index contributed by atoms with van der Waals surface area (Å²) >= 11 is 3.33. The van der Waals surface area contributed by atoms with E-state index in [0.717, 1.165) is 23.3 Å². The molecule has 7 heteroatoms. The van der Waals surface area contributed by atoms with Crippen molar-refractivity contribution in [2.75, 3.05) is 31.1 Å². The van der Waals surface area contributed by atoms with Crippen LogP contribution in [0, 0.1) is 0 Å². The van der Waals surface area contributed by atoms with E-state index in [2.05, 4.69) is 30.8 Å². The number of rotatable bonds is 4. The number of carbonyl (C=O) groups excluding carboxylic acids is 1. The summed E-state index contributed by atoms with van der Waals surface area (Å²) < 4.78 is 6.12. The van der Waals surface area contributed by atoms with E-state index in [4.69, 9.17) is 4.42 Å². The van der Waals surface area contributed by atoms with E-state index >= 15 is 0 Å². The van der Waals surface area contributed by atoms with Gasteiger partial charge in [0.2, 0.25) is 11.9 Å². The highest BCUT2D eigenvalue weighted by atomic mass is 79.9. The number of anilines is 1. The van der Waals surface area contributed by atoms with Crippen LogP contribution < -0.4 is 4.90 Å². The molecule has 0 unspecified atom stereocenters. The highest BCUT2D eigenvalue weighted by Gasteiger charge is 2.22. The van der Waals surface area contributed by atoms with Crippen molar-refractivity contribution in [1.29, 1.82) is 0 Å². The van der Waals surface area contributed by atoms with Crippen LogP contribution in [0.2, 0.25) is 0 Å². The number of furan rings is 1. The maximum absolute atomic E-state index is 12.2. The van der Waals surface area contributed by atoms with Crippen LogP contribution in [0.25, 0.3) is 0 Å². The predicted molar refractivity (Wildman–Crippen MR) is 85.6 cm³/mol. The molecule has 1 aliphatic rings. The molecule has 0 N–H and O–H groups in total. The first-order valence-electron chi connectivity index (χ1n) is 7.25. The first-order chi connectivity index (χ1) is 10.7. The van der Waals surface area contributed by atoms with Gasteiger partial charge in [0.15, 0.2) is 0 Å². The van der Waals surface area contributed by atoms with Crippen molar-refractivity contribution in [3.05, 3.63) is 41.0 Å². The van der Waals surface area contributed by atoms with Gasteiger partial charge in [-0.15, -0.1) is 0 Å². The zero-order valence-electron chi connectivity index (χ0n) is 12.1. The summed E-state index contributed by atoms with van der Waals surface area (Å²) in [6.45, 7) is 2.93. The smallest absolute Gasteiger partial charge is 0.225 e. The van der Waals surface area contributed by atoms with E-state index in [9.17, 15) is 4.79 Å². The first-order valence-corrected chi connectivity index (χ1v) is 8.04. The fraction of sp³-hybridized carbons (Fsp3) is 0.400. The SMILES string of the molecule is O=C(CCc1ccco1)N1CCN(c2ncc(Br)cn2)CC1. The number of carbonyl (C=O) groups is 1. The summed E-state index contributed by atoms with van der Waals surface area (Å²) in [4.78, 5) is 24.8. The largest absolute Gasteiger partial charge is 0.469 e. The second-order valence-electron chi connectivity index (χ2n) is 5.15. The van der Waals surface area contributed by atoms with Crippen molar-refractivity contribution in [2.24, 2.45) is 0 Å². The maximum atomic E-state index is 12.2. The van der Waals surface area contributed by atoms with E-state index < -0.39 is 0 Å². The number of halogens is 1. The summed E-state index contributed by atoms with van der Waals surface area (Å²) in [6, 6.07) is 3.74. The highest BCUT2D eigenvalue weighted by molar-refractivity contribution is 9.10. The van der Waals surface area contributed by atoms with Crippen molar-refractivity contribution in [2.45, 2.75) is 12.8 Å². The maximum Gasteiger partial charge on any atom is 0.225 e. The summed E-state index contributed by atoms with van der Waals surface area (Å²) in [5, 5.41) is 0. The van der Waals surface area contributed by atoms with Crippen LogP contribution in [0.5, 0.6) is 0 Å². The van der Waals surface area contributed by atoms with Crippen molar-refractivity contribution >= 4 is 27.8 Å². The lowest BCUT2D eigenvalue weighted by Gasteiger charge is -2.34. The third kappa shape index (κ3) is 3.65. The molecule has 0 radical (unpaired) electrons. The Bertz CT molecular complexity index is 607. The van der Waals surface area contributed by atoms with Gasteiger partial charge in [-0.3, -0.25) is 4.79 Å². The molecule has 6 nitrogen and oxygen atoms in total. The van der Waals surface area contributed by atoms with Gasteiger partial charge in [0.25, 0.3) is 0 Å². The Morgan fingerprint density at radius 3 is 2.59 bits per heavy atom. The highest BCUT2D eigenvalue weighted by Crippen LogP contribution is 2.14. The van der Waals surface area contributed by atoms with Gasteiger partial charge in [-0.25, -0.2) is 9.97 Å². The summed E-state index contributed by atoms with van der Waals surface area (Å²) in [7, 11) is 0. The minimum Gasteiger partial charge on any atom is -0.469 e. The molecule has 1 amide bonds. The first kappa shape index (κ1) is 15.0. The minimum atomic E-state index is 0.174. The van der Waals surface area contributed by atoms with Gasteiger partial charge in [0.1, 0.15) is 5.76 Å². The number of amides is 1. The number of piperazine rings is 1. The lowest BCUT2D eigenvalue weighted by atomic mass is 10.2. The zero-order chi connectivity index (χ0) is 15.4. The van der Waals surface area contributed by atoms with Crippen molar-refractivity contribution in [1.82, 2.24) is 14.9 Å². The monoisotopic (exact) mass is 364 g/mol. The topological polar surface area (TPSA) is 62.5 Å². The molecular weight excluding hydrogens is 348 g/mol. The third-order valence-corrected chi connectivity index (χ3v) is 4.10. The number of aryl methyl sites for hydroxylation is 1. The fourth-order valence-electron chi connectivity index (χ4n) is 2.47. The molecule has 22 heavy (non-hydrogen) atoms. The van der Waals surface area contributed by atoms with Crippen molar-refractivity contribution < 1.29 is 9.21 Å². The Balaban J connectivity index is 1.48. The molecule has 1 fully saturated rings. The Kier molecular flexibility index (Phi) is 4.72. The van der Waals surface area contributed by atoms with Crippen LogP contribution in [0.1, 0.15) is 12.2 Å². The molecule has 0 spiro atoms. The molecule has 0 saturated carbocycles. The Morgan fingerprint density at radius 2 is 1.95 bits per heavy atom. The third-order valence-electron chi connectivity index (χ3n) is 3.69. The van der Waals surface area contributed by atoms with Gasteiger partial charge in [-0.2, -0.15) is 0 Å². The fourth-order valence-corrected chi connectivity index (χ4v) is 2.67. The Morgan fingerprint density at radius 1 is 1.23 bits per heavy atom. The standard InChI is InChI=1S/C15H17BrN4O2/c16-12-10-17-15(18-11-12)20-7-5-19(6-8-20)14(21)4-3-13-2-1-9-22-13/h1-2,9-11H,3-8H2. The quantitative estimate of drug-likeness (QED) is 0.831. The number of aromatic nitrogens is 2. The van der Waals surface area contributed by atoms with Gasteiger partial charge in [0, 0.05) is 51.4 Å². The van der Waals surface area contributed by atoms with E-state index in [1.807, 2.05) is 17.0 Å². The molecular formula is C15H17BrN4O2. The van der Waals surface area contributed by atoms with Crippen LogP contribution in [-0.4, -0.2) is 47.0 Å². The van der Waals surface area contributed by atoms with Crippen LogP contribution in [0.3, 0.4) is 0 Å². The van der Waals surface area contributed by atoms with Crippen LogP contribution in [0.15, 0.2) is 39.7 Å². The van der Waals surface area contributed by atoms with Crippen molar-refractivity contribution in [3.8, 4) is 0 Å². The molecule has 0 atom stereocenters. The lowest BCUT2D eigenvalue weighted by Crippen LogP contribution is -2.49. The molecule has 2 aromatic rings. The Labute approximate surface area is 137 Å². The van der Waals surface area contributed by atoms with E-state index in [1.54, 1.807) is 18.7 Å². The number of nitrogens with zero attached hydrogens (tertiary/aromatic N) is 4. The van der Waals surface area contributed by atoms with Gasteiger partial charge >= 0.3 is 0 Å². The lowest BCUT2D eigenvalue weighted by molar-refractivity contribution is -0.131. The predicted octanol–water partition coefficient (Wildman–Crippen LogP) is 2.11. The van der Waals surface area contributed by atoms with Gasteiger partial charge in [0.05, 0.1) is 10.7 Å². The second-order valence-corrected chi connectivity index (χ2v) is 6.06. The van der Waals surface area contributed by atoms with Gasteiger partial charge < -0.3 is 14.2 Å².